The molecule has 2 fully saturated rings. The van der Waals surface area contributed by atoms with Gasteiger partial charge in [0.2, 0.25) is 5.91 Å². The Morgan fingerprint density at radius 2 is 2.25 bits per heavy atom. The molecule has 2 rings (SSSR count). The van der Waals surface area contributed by atoms with E-state index >= 15 is 0 Å². The van der Waals surface area contributed by atoms with Crippen LogP contribution in [-0.2, 0) is 4.79 Å². The third kappa shape index (κ3) is 1.46. The molecule has 2 aliphatic rings. The molecule has 1 aliphatic heterocycles. The molecule has 0 bridgehead atoms. The molecule has 0 spiro atoms. The van der Waals surface area contributed by atoms with Crippen molar-refractivity contribution in [3.8, 4) is 0 Å². The second-order valence-electron chi connectivity index (χ2n) is 3.79. The molecule has 0 radical (unpaired) electrons. The third-order valence-electron chi connectivity index (χ3n) is 2.67. The van der Waals surface area contributed by atoms with Crippen LogP contribution in [0, 0.1) is 0 Å². The zero-order chi connectivity index (χ0) is 8.55. The predicted octanol–water partition coefficient (Wildman–Crippen LogP) is 0.359. The SMILES string of the molecule is CC1NCCCN(C2CC2)C1=O. The largest absolute Gasteiger partial charge is 0.338 e. The van der Waals surface area contributed by atoms with Crippen molar-refractivity contribution in [2.75, 3.05) is 13.1 Å². The second kappa shape index (κ2) is 3.05. The van der Waals surface area contributed by atoms with Gasteiger partial charge in [0.1, 0.15) is 0 Å². The average molecular weight is 168 g/mol. The first-order valence-corrected chi connectivity index (χ1v) is 4.83. The van der Waals surface area contributed by atoms with Crippen LogP contribution in [0.25, 0.3) is 0 Å². The lowest BCUT2D eigenvalue weighted by molar-refractivity contribution is -0.132. The van der Waals surface area contributed by atoms with Crippen molar-refractivity contribution < 1.29 is 4.79 Å². The van der Waals surface area contributed by atoms with Gasteiger partial charge in [0.05, 0.1) is 6.04 Å². The first-order chi connectivity index (χ1) is 5.79. The Hall–Kier alpha value is -0.570. The highest BCUT2D eigenvalue weighted by atomic mass is 16.2. The molecular formula is C9H16N2O. The predicted molar refractivity (Wildman–Crippen MR) is 46.8 cm³/mol. The quantitative estimate of drug-likeness (QED) is 0.613. The van der Waals surface area contributed by atoms with Crippen molar-refractivity contribution in [1.29, 1.82) is 0 Å². The molecule has 1 saturated carbocycles. The summed E-state index contributed by atoms with van der Waals surface area (Å²) in [5, 5.41) is 3.22. The summed E-state index contributed by atoms with van der Waals surface area (Å²) in [6, 6.07) is 0.618. The number of hydrogen-bond donors (Lipinski definition) is 1. The van der Waals surface area contributed by atoms with Gasteiger partial charge in [0.15, 0.2) is 0 Å². The van der Waals surface area contributed by atoms with Crippen LogP contribution >= 0.6 is 0 Å². The molecule has 0 aromatic carbocycles. The lowest BCUT2D eigenvalue weighted by Crippen LogP contribution is -2.42. The molecule has 3 heteroatoms. The van der Waals surface area contributed by atoms with E-state index in [0.29, 0.717) is 11.9 Å². The molecule has 0 aromatic heterocycles. The lowest BCUT2D eigenvalue weighted by Gasteiger charge is -2.21. The summed E-state index contributed by atoms with van der Waals surface area (Å²) in [6.45, 7) is 3.90. The maximum atomic E-state index is 11.7. The van der Waals surface area contributed by atoms with E-state index in [1.807, 2.05) is 6.92 Å². The Kier molecular flexibility index (Phi) is 2.05. The molecule has 1 N–H and O–H groups in total. The average Bonchev–Trinajstić information content (AvgIpc) is 2.84. The molecule has 1 amide bonds. The van der Waals surface area contributed by atoms with Gasteiger partial charge < -0.3 is 10.2 Å². The van der Waals surface area contributed by atoms with Gasteiger partial charge in [0, 0.05) is 12.6 Å². The van der Waals surface area contributed by atoms with Crippen molar-refractivity contribution >= 4 is 5.91 Å². The fraction of sp³-hybridized carbons (Fsp3) is 0.889. The van der Waals surface area contributed by atoms with Crippen LogP contribution in [0.5, 0.6) is 0 Å². The summed E-state index contributed by atoms with van der Waals surface area (Å²) in [5.41, 5.74) is 0. The lowest BCUT2D eigenvalue weighted by atomic mass is 10.3. The third-order valence-corrected chi connectivity index (χ3v) is 2.67. The van der Waals surface area contributed by atoms with Crippen molar-refractivity contribution in [3.63, 3.8) is 0 Å². The van der Waals surface area contributed by atoms with Crippen molar-refractivity contribution in [3.05, 3.63) is 0 Å². The molecule has 3 nitrogen and oxygen atoms in total. The Bertz CT molecular complexity index is 189. The van der Waals surface area contributed by atoms with Gasteiger partial charge >= 0.3 is 0 Å². The van der Waals surface area contributed by atoms with Crippen molar-refractivity contribution in [1.82, 2.24) is 10.2 Å². The molecule has 1 atom stereocenters. The minimum atomic E-state index is 0.0353. The highest BCUT2D eigenvalue weighted by molar-refractivity contribution is 5.82. The van der Waals surface area contributed by atoms with Gasteiger partial charge in [-0.15, -0.1) is 0 Å². The van der Waals surface area contributed by atoms with Gasteiger partial charge in [-0.2, -0.15) is 0 Å². The number of rotatable bonds is 1. The highest BCUT2D eigenvalue weighted by Crippen LogP contribution is 2.27. The molecule has 1 heterocycles. The number of nitrogens with one attached hydrogen (secondary N) is 1. The summed E-state index contributed by atoms with van der Waals surface area (Å²) in [7, 11) is 0. The first kappa shape index (κ1) is 8.05. The maximum Gasteiger partial charge on any atom is 0.239 e. The molecular weight excluding hydrogens is 152 g/mol. The highest BCUT2D eigenvalue weighted by Gasteiger charge is 2.35. The van der Waals surface area contributed by atoms with Crippen LogP contribution in [0.3, 0.4) is 0 Å². The van der Waals surface area contributed by atoms with E-state index < -0.39 is 0 Å². The Morgan fingerprint density at radius 3 is 2.92 bits per heavy atom. The Morgan fingerprint density at radius 1 is 1.50 bits per heavy atom. The molecule has 1 unspecified atom stereocenters. The normalized spacial score (nSPS) is 31.9. The van der Waals surface area contributed by atoms with E-state index in [-0.39, 0.29) is 6.04 Å². The Balaban J connectivity index is 2.03. The number of amides is 1. The monoisotopic (exact) mass is 168 g/mol. The topological polar surface area (TPSA) is 32.3 Å². The van der Waals surface area contributed by atoms with Crippen LogP contribution < -0.4 is 5.32 Å². The number of nitrogens with zero attached hydrogens (tertiary/aromatic N) is 1. The van der Waals surface area contributed by atoms with E-state index in [9.17, 15) is 4.79 Å². The summed E-state index contributed by atoms with van der Waals surface area (Å²) in [4.78, 5) is 13.8. The number of hydrogen-bond acceptors (Lipinski definition) is 2. The Labute approximate surface area is 73.1 Å². The maximum absolute atomic E-state index is 11.7. The van der Waals surface area contributed by atoms with E-state index in [1.165, 1.54) is 12.8 Å². The zero-order valence-corrected chi connectivity index (χ0v) is 7.55. The number of carbonyl (C=O) groups is 1. The fourth-order valence-electron chi connectivity index (χ4n) is 1.76. The van der Waals surface area contributed by atoms with Gasteiger partial charge in [-0.3, -0.25) is 4.79 Å². The summed E-state index contributed by atoms with van der Waals surface area (Å²) in [5.74, 6) is 0.301. The molecule has 1 aliphatic carbocycles. The number of carbonyl (C=O) groups excluding carboxylic acids is 1. The van der Waals surface area contributed by atoms with Gasteiger partial charge in [0.25, 0.3) is 0 Å². The molecule has 1 saturated heterocycles. The van der Waals surface area contributed by atoms with Crippen LogP contribution in [0.1, 0.15) is 26.2 Å². The second-order valence-corrected chi connectivity index (χ2v) is 3.79. The minimum absolute atomic E-state index is 0.0353. The van der Waals surface area contributed by atoms with Gasteiger partial charge in [-0.25, -0.2) is 0 Å². The summed E-state index contributed by atoms with van der Waals surface area (Å²) >= 11 is 0. The summed E-state index contributed by atoms with van der Waals surface area (Å²) < 4.78 is 0. The van der Waals surface area contributed by atoms with E-state index in [4.69, 9.17) is 0 Å². The van der Waals surface area contributed by atoms with E-state index in [2.05, 4.69) is 10.2 Å². The van der Waals surface area contributed by atoms with Crippen molar-refractivity contribution in [2.24, 2.45) is 0 Å². The molecule has 12 heavy (non-hydrogen) atoms. The van der Waals surface area contributed by atoms with Crippen LogP contribution in [-0.4, -0.2) is 36.0 Å². The zero-order valence-electron chi connectivity index (χ0n) is 7.55. The smallest absolute Gasteiger partial charge is 0.239 e. The van der Waals surface area contributed by atoms with Crippen LogP contribution in [0.4, 0.5) is 0 Å². The van der Waals surface area contributed by atoms with E-state index in [1.54, 1.807) is 0 Å². The summed E-state index contributed by atoms with van der Waals surface area (Å²) in [6.07, 6.45) is 3.55. The minimum Gasteiger partial charge on any atom is -0.338 e. The van der Waals surface area contributed by atoms with Crippen LogP contribution in [0.2, 0.25) is 0 Å². The molecule has 68 valence electrons. The van der Waals surface area contributed by atoms with Crippen LogP contribution in [0.15, 0.2) is 0 Å². The van der Waals surface area contributed by atoms with Gasteiger partial charge in [-0.1, -0.05) is 0 Å². The van der Waals surface area contributed by atoms with E-state index in [0.717, 1.165) is 19.5 Å². The van der Waals surface area contributed by atoms with Gasteiger partial charge in [-0.05, 0) is 32.7 Å². The standard InChI is InChI=1S/C9H16N2O/c1-7-9(12)11(8-3-4-8)6-2-5-10-7/h7-8,10H,2-6H2,1H3. The fourth-order valence-corrected chi connectivity index (χ4v) is 1.76. The van der Waals surface area contributed by atoms with Crippen molar-refractivity contribution in [2.45, 2.75) is 38.3 Å². The first-order valence-electron chi connectivity index (χ1n) is 4.83. The molecule has 0 aromatic rings.